The average Bonchev–Trinajstić information content (AvgIpc) is 2.22. The van der Waals surface area contributed by atoms with Crippen molar-refractivity contribution in [2.45, 2.75) is 26.3 Å². The van der Waals surface area contributed by atoms with Crippen LogP contribution in [0.4, 0.5) is 10.1 Å². The molecule has 0 fully saturated rings. The molecule has 1 aromatic carbocycles. The summed E-state index contributed by atoms with van der Waals surface area (Å²) < 4.78 is 13.1. The van der Waals surface area contributed by atoms with Crippen LogP contribution in [-0.4, -0.2) is 11.9 Å². The first-order valence-corrected chi connectivity index (χ1v) is 4.87. The van der Waals surface area contributed by atoms with Crippen molar-refractivity contribution in [1.82, 2.24) is 0 Å². The average molecular weight is 210 g/mol. The summed E-state index contributed by atoms with van der Waals surface area (Å²) in [4.78, 5) is 11.4. The summed E-state index contributed by atoms with van der Waals surface area (Å²) in [6.07, 6.45) is 0.556. The number of carbonyl (C=O) groups is 1. The Bertz CT molecular complexity index is 366. The number of benzene rings is 1. The van der Waals surface area contributed by atoms with Crippen LogP contribution in [0, 0.1) is 12.7 Å². The molecule has 0 aliphatic carbocycles. The van der Waals surface area contributed by atoms with E-state index in [0.717, 1.165) is 0 Å². The van der Waals surface area contributed by atoms with Gasteiger partial charge in [0.2, 0.25) is 5.91 Å². The van der Waals surface area contributed by atoms with E-state index in [1.807, 2.05) is 6.92 Å². The number of hydrogen-bond acceptors (Lipinski definition) is 2. The highest BCUT2D eigenvalue weighted by molar-refractivity contribution is 5.94. The highest BCUT2D eigenvalue weighted by atomic mass is 19.1. The van der Waals surface area contributed by atoms with E-state index in [1.54, 1.807) is 19.1 Å². The van der Waals surface area contributed by atoms with Gasteiger partial charge in [0.15, 0.2) is 0 Å². The van der Waals surface area contributed by atoms with Crippen molar-refractivity contribution < 1.29 is 9.18 Å². The normalized spacial score (nSPS) is 12.3. The van der Waals surface area contributed by atoms with Crippen LogP contribution in [0.15, 0.2) is 18.2 Å². The van der Waals surface area contributed by atoms with Gasteiger partial charge in [-0.25, -0.2) is 4.39 Å². The highest BCUT2D eigenvalue weighted by Gasteiger charge is 2.11. The van der Waals surface area contributed by atoms with Crippen molar-refractivity contribution in [1.29, 1.82) is 0 Å². The van der Waals surface area contributed by atoms with Crippen LogP contribution in [0.3, 0.4) is 0 Å². The number of carbonyl (C=O) groups excluding carboxylic acids is 1. The molecule has 0 radical (unpaired) electrons. The maximum atomic E-state index is 13.1. The topological polar surface area (TPSA) is 55.1 Å². The molecule has 0 saturated carbocycles. The summed E-state index contributed by atoms with van der Waals surface area (Å²) in [7, 11) is 0. The van der Waals surface area contributed by atoms with Crippen LogP contribution in [0.2, 0.25) is 0 Å². The highest BCUT2D eigenvalue weighted by Crippen LogP contribution is 2.13. The number of hydrogen-bond donors (Lipinski definition) is 2. The Morgan fingerprint density at radius 1 is 1.60 bits per heavy atom. The smallest absolute Gasteiger partial charge is 0.241 e. The molecule has 0 aliphatic heterocycles. The number of anilines is 1. The van der Waals surface area contributed by atoms with Gasteiger partial charge in [-0.05, 0) is 31.0 Å². The summed E-state index contributed by atoms with van der Waals surface area (Å²) in [5, 5.41) is 2.56. The lowest BCUT2D eigenvalue weighted by Crippen LogP contribution is -2.34. The lowest BCUT2D eigenvalue weighted by atomic mass is 10.2. The lowest BCUT2D eigenvalue weighted by molar-refractivity contribution is -0.117. The number of nitrogens with one attached hydrogen (secondary N) is 1. The summed E-state index contributed by atoms with van der Waals surface area (Å²) in [5.41, 5.74) is 6.51. The minimum Gasteiger partial charge on any atom is -0.325 e. The Labute approximate surface area is 88.5 Å². The van der Waals surface area contributed by atoms with Gasteiger partial charge in [-0.15, -0.1) is 0 Å². The molecule has 0 spiro atoms. The van der Waals surface area contributed by atoms with E-state index in [-0.39, 0.29) is 11.7 Å². The third-order valence-electron chi connectivity index (χ3n) is 2.22. The van der Waals surface area contributed by atoms with E-state index in [9.17, 15) is 9.18 Å². The quantitative estimate of drug-likeness (QED) is 0.799. The maximum absolute atomic E-state index is 13.1. The molecular formula is C11H15FN2O. The molecule has 4 heteroatoms. The molecule has 0 saturated heterocycles. The first kappa shape index (κ1) is 11.7. The summed E-state index contributed by atoms with van der Waals surface area (Å²) >= 11 is 0. The Hall–Kier alpha value is -1.42. The molecule has 1 unspecified atom stereocenters. The van der Waals surface area contributed by atoms with Gasteiger partial charge in [0, 0.05) is 5.69 Å². The van der Waals surface area contributed by atoms with E-state index < -0.39 is 6.04 Å². The van der Waals surface area contributed by atoms with Crippen molar-refractivity contribution in [2.75, 3.05) is 5.32 Å². The second-order valence-corrected chi connectivity index (χ2v) is 3.47. The van der Waals surface area contributed by atoms with Crippen LogP contribution >= 0.6 is 0 Å². The van der Waals surface area contributed by atoms with Gasteiger partial charge < -0.3 is 11.1 Å². The van der Waals surface area contributed by atoms with Gasteiger partial charge in [0.05, 0.1) is 6.04 Å². The van der Waals surface area contributed by atoms with Gasteiger partial charge in [-0.1, -0.05) is 13.0 Å². The minimum atomic E-state index is -0.547. The van der Waals surface area contributed by atoms with E-state index >= 15 is 0 Å². The third kappa shape index (κ3) is 3.02. The van der Waals surface area contributed by atoms with E-state index in [0.29, 0.717) is 17.7 Å². The molecule has 3 nitrogen and oxygen atoms in total. The Morgan fingerprint density at radius 2 is 2.27 bits per heavy atom. The molecule has 0 heterocycles. The predicted molar refractivity (Wildman–Crippen MR) is 58.0 cm³/mol. The number of aryl methyl sites for hydroxylation is 1. The van der Waals surface area contributed by atoms with Crippen molar-refractivity contribution >= 4 is 11.6 Å². The van der Waals surface area contributed by atoms with Crippen LogP contribution in [-0.2, 0) is 4.79 Å². The van der Waals surface area contributed by atoms with Gasteiger partial charge in [0.1, 0.15) is 5.82 Å². The maximum Gasteiger partial charge on any atom is 0.241 e. The van der Waals surface area contributed by atoms with Gasteiger partial charge in [-0.3, -0.25) is 4.79 Å². The minimum absolute atomic E-state index is 0.291. The van der Waals surface area contributed by atoms with Gasteiger partial charge in [-0.2, -0.15) is 0 Å². The molecule has 15 heavy (non-hydrogen) atoms. The van der Waals surface area contributed by atoms with Crippen molar-refractivity contribution in [3.8, 4) is 0 Å². The first-order valence-electron chi connectivity index (χ1n) is 4.87. The van der Waals surface area contributed by atoms with Crippen molar-refractivity contribution in [2.24, 2.45) is 5.73 Å². The molecule has 1 rings (SSSR count). The van der Waals surface area contributed by atoms with Crippen LogP contribution in [0.1, 0.15) is 18.9 Å². The Morgan fingerprint density at radius 3 is 2.80 bits per heavy atom. The lowest BCUT2D eigenvalue weighted by Gasteiger charge is -2.10. The zero-order chi connectivity index (χ0) is 11.4. The summed E-state index contributed by atoms with van der Waals surface area (Å²) in [6, 6.07) is 4.01. The van der Waals surface area contributed by atoms with Gasteiger partial charge >= 0.3 is 0 Å². The van der Waals surface area contributed by atoms with E-state index in [1.165, 1.54) is 6.07 Å². The van der Waals surface area contributed by atoms with Crippen LogP contribution in [0.25, 0.3) is 0 Å². The number of amides is 1. The van der Waals surface area contributed by atoms with E-state index in [2.05, 4.69) is 5.32 Å². The van der Waals surface area contributed by atoms with Crippen LogP contribution < -0.4 is 11.1 Å². The number of halogens is 1. The zero-order valence-electron chi connectivity index (χ0n) is 8.88. The zero-order valence-corrected chi connectivity index (χ0v) is 8.88. The Kier molecular flexibility index (Phi) is 3.80. The summed E-state index contributed by atoms with van der Waals surface area (Å²) in [6.45, 7) is 3.48. The Balaban J connectivity index is 2.73. The van der Waals surface area contributed by atoms with Crippen molar-refractivity contribution in [3.05, 3.63) is 29.6 Å². The first-order chi connectivity index (χ1) is 7.04. The fraction of sp³-hybridized carbons (Fsp3) is 0.364. The largest absolute Gasteiger partial charge is 0.325 e. The van der Waals surface area contributed by atoms with E-state index in [4.69, 9.17) is 5.73 Å². The molecule has 0 aliphatic rings. The van der Waals surface area contributed by atoms with Crippen molar-refractivity contribution in [3.63, 3.8) is 0 Å². The number of rotatable bonds is 3. The summed E-state index contributed by atoms with van der Waals surface area (Å²) in [5.74, 6) is -0.626. The van der Waals surface area contributed by atoms with Crippen LogP contribution in [0.5, 0.6) is 0 Å². The standard InChI is InChI=1S/C11H15FN2O/c1-3-10(13)11(15)14-8-5-4-7(2)9(12)6-8/h4-6,10H,3,13H2,1-2H3,(H,14,15). The predicted octanol–water partition coefficient (Wildman–Crippen LogP) is 1.81. The monoisotopic (exact) mass is 210 g/mol. The molecule has 0 bridgehead atoms. The van der Waals surface area contributed by atoms with Gasteiger partial charge in [0.25, 0.3) is 0 Å². The molecule has 0 aromatic heterocycles. The molecule has 1 amide bonds. The number of nitrogens with two attached hydrogens (primary N) is 1. The fourth-order valence-corrected chi connectivity index (χ4v) is 1.09. The fourth-order valence-electron chi connectivity index (χ4n) is 1.09. The molecule has 1 aromatic rings. The molecular weight excluding hydrogens is 195 g/mol. The molecule has 3 N–H and O–H groups in total. The third-order valence-corrected chi connectivity index (χ3v) is 2.22. The molecule has 1 atom stereocenters. The molecule has 82 valence electrons. The SMILES string of the molecule is CCC(N)C(=O)Nc1ccc(C)c(F)c1. The second-order valence-electron chi connectivity index (χ2n) is 3.47. The second kappa shape index (κ2) is 4.89.